The summed E-state index contributed by atoms with van der Waals surface area (Å²) in [6.45, 7) is 10.6. The Kier molecular flexibility index (Phi) is 6.32. The molecule has 5 aliphatic heterocycles. The van der Waals surface area contributed by atoms with Crippen LogP contribution in [0.1, 0.15) is 45.4 Å². The molecule has 5 saturated heterocycles. The topological polar surface area (TPSA) is 67.4 Å². The van der Waals surface area contributed by atoms with Crippen molar-refractivity contribution in [2.75, 3.05) is 65.4 Å². The molecule has 0 spiro atoms. The molecule has 32 heavy (non-hydrogen) atoms. The molecule has 0 aliphatic carbocycles. The van der Waals surface area contributed by atoms with E-state index < -0.39 is 0 Å². The average Bonchev–Trinajstić information content (AvgIpc) is 2.84. The maximum Gasteiger partial charge on any atom is 0.320 e. The van der Waals surface area contributed by atoms with Crippen LogP contribution in [0.4, 0.5) is 4.79 Å². The number of amides is 4. The summed E-state index contributed by atoms with van der Waals surface area (Å²) in [5.41, 5.74) is 0. The smallest absolute Gasteiger partial charge is 0.320 e. The van der Waals surface area contributed by atoms with Crippen LogP contribution in [0.15, 0.2) is 0 Å². The summed E-state index contributed by atoms with van der Waals surface area (Å²) >= 11 is 0. The zero-order valence-electron chi connectivity index (χ0n) is 19.6. The Morgan fingerprint density at radius 2 is 1.62 bits per heavy atom. The molecule has 0 saturated carbocycles. The molecular formula is C24H39N5O3. The zero-order chi connectivity index (χ0) is 22.2. The van der Waals surface area contributed by atoms with E-state index in [1.54, 1.807) is 0 Å². The molecule has 0 N–H and O–H groups in total. The van der Waals surface area contributed by atoms with E-state index in [4.69, 9.17) is 0 Å². The summed E-state index contributed by atoms with van der Waals surface area (Å²) in [4.78, 5) is 49.3. The Balaban J connectivity index is 1.13. The van der Waals surface area contributed by atoms with Crippen LogP contribution in [0.25, 0.3) is 0 Å². The van der Waals surface area contributed by atoms with E-state index >= 15 is 0 Å². The highest BCUT2D eigenvalue weighted by molar-refractivity contribution is 5.80. The largest absolute Gasteiger partial charge is 0.340 e. The molecule has 5 fully saturated rings. The van der Waals surface area contributed by atoms with Gasteiger partial charge in [0.1, 0.15) is 0 Å². The molecule has 0 aromatic heterocycles. The van der Waals surface area contributed by atoms with Crippen LogP contribution >= 0.6 is 0 Å². The van der Waals surface area contributed by atoms with Crippen molar-refractivity contribution in [2.24, 2.45) is 17.8 Å². The number of likely N-dealkylation sites (N-methyl/N-ethyl adjacent to an activating group) is 1. The Hall–Kier alpha value is -1.83. The van der Waals surface area contributed by atoms with Crippen molar-refractivity contribution in [1.82, 2.24) is 24.5 Å². The molecule has 4 amide bonds. The van der Waals surface area contributed by atoms with Crippen molar-refractivity contribution in [3.63, 3.8) is 0 Å². The fourth-order valence-corrected chi connectivity index (χ4v) is 6.83. The number of nitrogens with zero attached hydrogens (tertiary/aromatic N) is 5. The maximum atomic E-state index is 13.3. The first-order valence-electron chi connectivity index (χ1n) is 12.9. The minimum Gasteiger partial charge on any atom is -0.340 e. The molecule has 5 rings (SSSR count). The highest BCUT2D eigenvalue weighted by Gasteiger charge is 2.45. The van der Waals surface area contributed by atoms with Gasteiger partial charge in [-0.3, -0.25) is 9.59 Å². The monoisotopic (exact) mass is 445 g/mol. The van der Waals surface area contributed by atoms with Gasteiger partial charge in [0.05, 0.1) is 0 Å². The average molecular weight is 446 g/mol. The molecular weight excluding hydrogens is 406 g/mol. The molecule has 0 radical (unpaired) electrons. The van der Waals surface area contributed by atoms with Crippen molar-refractivity contribution in [3.8, 4) is 0 Å². The fourth-order valence-electron chi connectivity index (χ4n) is 6.83. The van der Waals surface area contributed by atoms with E-state index in [0.29, 0.717) is 49.2 Å². The number of piperazine rings is 1. The zero-order valence-corrected chi connectivity index (χ0v) is 19.6. The summed E-state index contributed by atoms with van der Waals surface area (Å²) in [7, 11) is 0. The van der Waals surface area contributed by atoms with Crippen molar-refractivity contribution >= 4 is 17.8 Å². The summed E-state index contributed by atoms with van der Waals surface area (Å²) in [6, 6.07) is 0.484. The second-order valence-corrected chi connectivity index (χ2v) is 10.6. The molecule has 8 heteroatoms. The highest BCUT2D eigenvalue weighted by Crippen LogP contribution is 2.38. The summed E-state index contributed by atoms with van der Waals surface area (Å²) in [5.74, 6) is 1.52. The van der Waals surface area contributed by atoms with Crippen LogP contribution in [0.5, 0.6) is 0 Å². The first kappa shape index (κ1) is 22.0. The lowest BCUT2D eigenvalue weighted by molar-refractivity contribution is -0.144. The van der Waals surface area contributed by atoms with E-state index in [1.807, 2.05) is 9.80 Å². The van der Waals surface area contributed by atoms with Gasteiger partial charge in [-0.2, -0.15) is 0 Å². The Labute approximate surface area is 191 Å². The Morgan fingerprint density at radius 3 is 2.34 bits per heavy atom. The van der Waals surface area contributed by atoms with E-state index in [-0.39, 0.29) is 11.9 Å². The molecule has 178 valence electrons. The molecule has 5 aliphatic rings. The summed E-state index contributed by atoms with van der Waals surface area (Å²) in [6.07, 6.45) is 5.49. The van der Waals surface area contributed by atoms with Gasteiger partial charge in [-0.1, -0.05) is 6.92 Å². The number of hydrogen-bond donors (Lipinski definition) is 0. The van der Waals surface area contributed by atoms with Crippen LogP contribution < -0.4 is 0 Å². The number of likely N-dealkylation sites (tertiary alicyclic amines) is 2. The summed E-state index contributed by atoms with van der Waals surface area (Å²) in [5, 5.41) is 0. The van der Waals surface area contributed by atoms with Gasteiger partial charge in [-0.25, -0.2) is 4.79 Å². The van der Waals surface area contributed by atoms with Gasteiger partial charge in [-0.05, 0) is 50.5 Å². The van der Waals surface area contributed by atoms with Crippen LogP contribution in [-0.2, 0) is 9.59 Å². The standard InChI is InChI=1S/C24H39N5O3/c1-2-25-10-12-26(13-11-25)23(31)19-6-8-27(9-7-19)24(32)28-15-18-14-20(17-28)21-4-3-5-22(30)29(21)16-18/h18-21H,2-17H2,1H3/t18-,20+,21+/m0/s1. The van der Waals surface area contributed by atoms with E-state index in [2.05, 4.69) is 21.6 Å². The number of fused-ring (bicyclic) bond motifs is 4. The molecule has 2 bridgehead atoms. The molecule has 0 unspecified atom stereocenters. The third-order valence-corrected chi connectivity index (χ3v) is 8.70. The number of hydrogen-bond acceptors (Lipinski definition) is 4. The van der Waals surface area contributed by atoms with Gasteiger partial charge >= 0.3 is 6.03 Å². The van der Waals surface area contributed by atoms with E-state index in [0.717, 1.165) is 84.5 Å². The van der Waals surface area contributed by atoms with Crippen LogP contribution in [0.2, 0.25) is 0 Å². The van der Waals surface area contributed by atoms with Crippen LogP contribution in [0, 0.1) is 17.8 Å². The van der Waals surface area contributed by atoms with Gasteiger partial charge in [0.25, 0.3) is 0 Å². The second-order valence-electron chi connectivity index (χ2n) is 10.6. The molecule has 0 aromatic rings. The fraction of sp³-hybridized carbons (Fsp3) is 0.875. The van der Waals surface area contributed by atoms with Crippen molar-refractivity contribution in [1.29, 1.82) is 0 Å². The number of rotatable bonds is 2. The molecule has 8 nitrogen and oxygen atoms in total. The second kappa shape index (κ2) is 9.20. The number of carbonyl (C=O) groups excluding carboxylic acids is 3. The highest BCUT2D eigenvalue weighted by atomic mass is 16.2. The Bertz CT molecular complexity index is 729. The first-order valence-corrected chi connectivity index (χ1v) is 12.9. The van der Waals surface area contributed by atoms with Crippen LogP contribution in [0.3, 0.4) is 0 Å². The van der Waals surface area contributed by atoms with Crippen molar-refractivity contribution in [2.45, 2.75) is 51.5 Å². The van der Waals surface area contributed by atoms with Gasteiger partial charge in [0.15, 0.2) is 0 Å². The first-order chi connectivity index (χ1) is 15.5. The molecule has 5 heterocycles. The quantitative estimate of drug-likeness (QED) is 0.643. The summed E-state index contributed by atoms with van der Waals surface area (Å²) < 4.78 is 0. The Morgan fingerprint density at radius 1 is 0.875 bits per heavy atom. The lowest BCUT2D eigenvalue weighted by atomic mass is 9.76. The lowest BCUT2D eigenvalue weighted by Gasteiger charge is -2.53. The number of urea groups is 1. The van der Waals surface area contributed by atoms with Crippen LogP contribution in [-0.4, -0.2) is 114 Å². The molecule has 0 aromatic carbocycles. The molecule has 3 atom stereocenters. The van der Waals surface area contributed by atoms with Crippen molar-refractivity contribution < 1.29 is 14.4 Å². The SMILES string of the molecule is CCN1CCN(C(=O)C2CCN(C(=O)N3C[C@@H]4C[C@H](C3)[C@H]3CCCC(=O)N3C4)CC2)CC1. The van der Waals surface area contributed by atoms with Gasteiger partial charge in [-0.15, -0.1) is 0 Å². The number of carbonyl (C=O) groups is 3. The minimum atomic E-state index is 0.0646. The number of piperidine rings is 4. The maximum absolute atomic E-state index is 13.3. The van der Waals surface area contributed by atoms with Gasteiger partial charge in [0, 0.05) is 77.3 Å². The predicted octanol–water partition coefficient (Wildman–Crippen LogP) is 1.32. The van der Waals surface area contributed by atoms with Gasteiger partial charge in [0.2, 0.25) is 11.8 Å². The third-order valence-electron chi connectivity index (χ3n) is 8.70. The predicted molar refractivity (Wildman–Crippen MR) is 121 cm³/mol. The normalized spacial score (nSPS) is 32.2. The van der Waals surface area contributed by atoms with Gasteiger partial charge < -0.3 is 24.5 Å². The minimum absolute atomic E-state index is 0.0646. The van der Waals surface area contributed by atoms with E-state index in [1.165, 1.54) is 0 Å². The van der Waals surface area contributed by atoms with E-state index in [9.17, 15) is 14.4 Å². The third kappa shape index (κ3) is 4.22. The lowest BCUT2D eigenvalue weighted by Crippen LogP contribution is -2.62. The van der Waals surface area contributed by atoms with Crippen molar-refractivity contribution in [3.05, 3.63) is 0 Å².